The number of fused-ring (bicyclic) bond motifs is 1. The van der Waals surface area contributed by atoms with Gasteiger partial charge in [-0.1, -0.05) is 0 Å². The SMILES string of the molecule is COC(=O)c1cc2c(OC3CCCC3)cc(OC(C)C)cc2[nH]1. The number of hydrogen-bond donors (Lipinski definition) is 1. The highest BCUT2D eigenvalue weighted by molar-refractivity contribution is 5.97. The first-order valence-electron chi connectivity index (χ1n) is 8.15. The number of rotatable bonds is 5. The van der Waals surface area contributed by atoms with Crippen LogP contribution in [0.3, 0.4) is 0 Å². The Hall–Kier alpha value is -2.17. The number of aromatic amines is 1. The molecule has 0 amide bonds. The zero-order chi connectivity index (χ0) is 16.4. The van der Waals surface area contributed by atoms with Crippen LogP contribution in [0, 0.1) is 0 Å². The Morgan fingerprint density at radius 3 is 2.61 bits per heavy atom. The lowest BCUT2D eigenvalue weighted by molar-refractivity contribution is 0.0595. The van der Waals surface area contributed by atoms with Crippen LogP contribution >= 0.6 is 0 Å². The predicted octanol–water partition coefficient (Wildman–Crippen LogP) is 4.06. The molecule has 1 heterocycles. The van der Waals surface area contributed by atoms with Gasteiger partial charge in [-0.25, -0.2) is 4.79 Å². The topological polar surface area (TPSA) is 60.6 Å². The molecule has 5 heteroatoms. The number of ether oxygens (including phenoxy) is 3. The molecule has 1 aromatic carbocycles. The summed E-state index contributed by atoms with van der Waals surface area (Å²) in [6.07, 6.45) is 4.87. The molecule has 3 rings (SSSR count). The van der Waals surface area contributed by atoms with Crippen LogP contribution in [-0.4, -0.2) is 30.3 Å². The summed E-state index contributed by atoms with van der Waals surface area (Å²) in [4.78, 5) is 14.9. The van der Waals surface area contributed by atoms with E-state index in [4.69, 9.17) is 14.2 Å². The number of carbonyl (C=O) groups excluding carboxylic acids is 1. The largest absolute Gasteiger partial charge is 0.491 e. The Bertz CT molecular complexity index is 698. The van der Waals surface area contributed by atoms with Crippen molar-refractivity contribution in [3.8, 4) is 11.5 Å². The molecule has 1 N–H and O–H groups in total. The first kappa shape index (κ1) is 15.7. The molecule has 0 spiro atoms. The van der Waals surface area contributed by atoms with E-state index in [1.165, 1.54) is 20.0 Å². The molecule has 1 fully saturated rings. The summed E-state index contributed by atoms with van der Waals surface area (Å²) in [6.45, 7) is 3.96. The van der Waals surface area contributed by atoms with Gasteiger partial charge in [-0.15, -0.1) is 0 Å². The molecule has 1 saturated carbocycles. The van der Waals surface area contributed by atoms with E-state index in [0.717, 1.165) is 35.2 Å². The van der Waals surface area contributed by atoms with Crippen LogP contribution in [0.4, 0.5) is 0 Å². The monoisotopic (exact) mass is 317 g/mol. The zero-order valence-corrected chi connectivity index (χ0v) is 13.8. The van der Waals surface area contributed by atoms with E-state index >= 15 is 0 Å². The predicted molar refractivity (Wildman–Crippen MR) is 88.3 cm³/mol. The number of hydrogen-bond acceptors (Lipinski definition) is 4. The van der Waals surface area contributed by atoms with Crippen molar-refractivity contribution >= 4 is 16.9 Å². The summed E-state index contributed by atoms with van der Waals surface area (Å²) in [5, 5.41) is 0.883. The fourth-order valence-electron chi connectivity index (χ4n) is 3.02. The van der Waals surface area contributed by atoms with Crippen molar-refractivity contribution in [1.29, 1.82) is 0 Å². The van der Waals surface area contributed by atoms with Crippen LogP contribution in [0.2, 0.25) is 0 Å². The summed E-state index contributed by atoms with van der Waals surface area (Å²) in [5.74, 6) is 1.11. The van der Waals surface area contributed by atoms with Crippen molar-refractivity contribution in [2.75, 3.05) is 7.11 Å². The van der Waals surface area contributed by atoms with Gasteiger partial charge in [-0.2, -0.15) is 0 Å². The number of aromatic nitrogens is 1. The summed E-state index contributed by atoms with van der Waals surface area (Å²) >= 11 is 0. The highest BCUT2D eigenvalue weighted by Gasteiger charge is 2.20. The Morgan fingerprint density at radius 1 is 1.22 bits per heavy atom. The van der Waals surface area contributed by atoms with Gasteiger partial charge in [0.1, 0.15) is 17.2 Å². The molecular weight excluding hydrogens is 294 g/mol. The molecule has 0 atom stereocenters. The molecule has 1 aliphatic carbocycles. The van der Waals surface area contributed by atoms with Gasteiger partial charge in [0.2, 0.25) is 0 Å². The molecule has 0 aliphatic heterocycles. The van der Waals surface area contributed by atoms with Crippen molar-refractivity contribution in [2.24, 2.45) is 0 Å². The zero-order valence-electron chi connectivity index (χ0n) is 13.8. The average molecular weight is 317 g/mol. The molecule has 1 aliphatic rings. The van der Waals surface area contributed by atoms with Crippen molar-refractivity contribution in [3.05, 3.63) is 23.9 Å². The van der Waals surface area contributed by atoms with E-state index in [-0.39, 0.29) is 18.2 Å². The van der Waals surface area contributed by atoms with Crippen LogP contribution in [-0.2, 0) is 4.74 Å². The van der Waals surface area contributed by atoms with Crippen molar-refractivity contribution in [1.82, 2.24) is 4.98 Å². The van der Waals surface area contributed by atoms with Crippen LogP contribution < -0.4 is 9.47 Å². The maximum absolute atomic E-state index is 11.8. The fourth-order valence-corrected chi connectivity index (χ4v) is 3.02. The number of methoxy groups -OCH3 is 1. The minimum absolute atomic E-state index is 0.0711. The Labute approximate surface area is 135 Å². The molecule has 2 aromatic rings. The normalized spacial score (nSPS) is 15.3. The molecule has 0 bridgehead atoms. The lowest BCUT2D eigenvalue weighted by atomic mass is 10.2. The summed E-state index contributed by atoms with van der Waals surface area (Å²) in [5.41, 5.74) is 1.23. The summed E-state index contributed by atoms with van der Waals surface area (Å²) in [6, 6.07) is 5.59. The van der Waals surface area contributed by atoms with E-state index in [0.29, 0.717) is 5.69 Å². The van der Waals surface area contributed by atoms with Crippen LogP contribution in [0.5, 0.6) is 11.5 Å². The second-order valence-corrected chi connectivity index (χ2v) is 6.25. The Morgan fingerprint density at radius 2 is 1.96 bits per heavy atom. The maximum atomic E-state index is 11.8. The molecule has 0 unspecified atom stereocenters. The van der Waals surface area contributed by atoms with E-state index in [2.05, 4.69) is 4.98 Å². The summed E-state index contributed by atoms with van der Waals surface area (Å²) < 4.78 is 16.8. The van der Waals surface area contributed by atoms with Crippen molar-refractivity contribution < 1.29 is 19.0 Å². The van der Waals surface area contributed by atoms with Crippen LogP contribution in [0.25, 0.3) is 10.9 Å². The minimum atomic E-state index is -0.389. The molecular formula is C18H23NO4. The minimum Gasteiger partial charge on any atom is -0.491 e. The van der Waals surface area contributed by atoms with Gasteiger partial charge in [0.05, 0.1) is 24.8 Å². The first-order valence-corrected chi connectivity index (χ1v) is 8.15. The third-order valence-corrected chi connectivity index (χ3v) is 4.05. The quantitative estimate of drug-likeness (QED) is 0.845. The van der Waals surface area contributed by atoms with E-state index in [1.807, 2.05) is 26.0 Å². The highest BCUT2D eigenvalue weighted by Crippen LogP contribution is 2.35. The molecule has 0 saturated heterocycles. The van der Waals surface area contributed by atoms with Crippen molar-refractivity contribution in [3.63, 3.8) is 0 Å². The number of carbonyl (C=O) groups is 1. The van der Waals surface area contributed by atoms with E-state index in [9.17, 15) is 4.79 Å². The van der Waals surface area contributed by atoms with Crippen LogP contribution in [0.15, 0.2) is 18.2 Å². The number of esters is 1. The van der Waals surface area contributed by atoms with Gasteiger partial charge >= 0.3 is 5.97 Å². The smallest absolute Gasteiger partial charge is 0.354 e. The standard InChI is InChI=1S/C18H23NO4/c1-11(2)22-13-8-15-14(10-16(19-15)18(20)21-3)17(9-13)23-12-6-4-5-7-12/h8-12,19H,4-7H2,1-3H3. The van der Waals surface area contributed by atoms with Gasteiger partial charge in [0, 0.05) is 17.5 Å². The van der Waals surface area contributed by atoms with Crippen LogP contribution in [0.1, 0.15) is 50.0 Å². The number of benzene rings is 1. The lowest BCUT2D eigenvalue weighted by Gasteiger charge is -2.16. The maximum Gasteiger partial charge on any atom is 0.354 e. The second kappa shape index (κ2) is 6.52. The van der Waals surface area contributed by atoms with Gasteiger partial charge in [-0.3, -0.25) is 0 Å². The van der Waals surface area contributed by atoms with Gasteiger partial charge in [0.15, 0.2) is 0 Å². The molecule has 23 heavy (non-hydrogen) atoms. The molecule has 0 radical (unpaired) electrons. The van der Waals surface area contributed by atoms with E-state index < -0.39 is 0 Å². The van der Waals surface area contributed by atoms with E-state index in [1.54, 1.807) is 6.07 Å². The third-order valence-electron chi connectivity index (χ3n) is 4.05. The highest BCUT2D eigenvalue weighted by atomic mass is 16.5. The Kier molecular flexibility index (Phi) is 4.46. The Balaban J connectivity index is 2.01. The van der Waals surface area contributed by atoms with Gasteiger partial charge < -0.3 is 19.2 Å². The molecule has 5 nitrogen and oxygen atoms in total. The average Bonchev–Trinajstić information content (AvgIpc) is 3.15. The summed E-state index contributed by atoms with van der Waals surface area (Å²) in [7, 11) is 1.37. The first-order chi connectivity index (χ1) is 11.1. The lowest BCUT2D eigenvalue weighted by Crippen LogP contribution is -2.11. The molecule has 124 valence electrons. The van der Waals surface area contributed by atoms with Crippen molar-refractivity contribution in [2.45, 2.75) is 51.7 Å². The number of H-pyrrole nitrogens is 1. The number of nitrogens with one attached hydrogen (secondary N) is 1. The second-order valence-electron chi connectivity index (χ2n) is 6.25. The fraction of sp³-hybridized carbons (Fsp3) is 0.500. The third kappa shape index (κ3) is 3.44. The molecule has 1 aromatic heterocycles. The van der Waals surface area contributed by atoms with Gasteiger partial charge in [-0.05, 0) is 45.6 Å². The van der Waals surface area contributed by atoms with Gasteiger partial charge in [0.25, 0.3) is 0 Å².